The number of ether oxygens (including phenoxy) is 2. The third-order valence-electron chi connectivity index (χ3n) is 4.47. The summed E-state index contributed by atoms with van der Waals surface area (Å²) < 4.78 is 10.5. The summed E-state index contributed by atoms with van der Waals surface area (Å²) in [7, 11) is 3.10. The Morgan fingerprint density at radius 2 is 1.84 bits per heavy atom. The monoisotopic (exact) mass is 471 g/mol. The number of nitrogens with one attached hydrogen (secondary N) is 2. The van der Waals surface area contributed by atoms with Gasteiger partial charge in [0.1, 0.15) is 0 Å². The third kappa shape index (κ3) is 6.54. The molecule has 0 aliphatic carbocycles. The molecule has 1 atom stereocenters. The Hall–Kier alpha value is -2.91. The van der Waals surface area contributed by atoms with E-state index in [1.54, 1.807) is 44.2 Å². The van der Waals surface area contributed by atoms with Crippen molar-refractivity contribution >= 4 is 35.1 Å². The number of hydrogen-bond acceptors (Lipinski definition) is 7. The molecule has 2 N–H and O–H groups in total. The second kappa shape index (κ2) is 11.6. The van der Waals surface area contributed by atoms with Crippen molar-refractivity contribution in [3.8, 4) is 11.5 Å². The van der Waals surface area contributed by atoms with E-state index < -0.39 is 5.25 Å². The largest absolute Gasteiger partial charge is 0.493 e. The number of benzene rings is 2. The summed E-state index contributed by atoms with van der Waals surface area (Å²) in [5, 5.41) is 2.89. The van der Waals surface area contributed by atoms with Gasteiger partial charge in [-0.25, -0.2) is 4.98 Å². The van der Waals surface area contributed by atoms with Crippen LogP contribution in [0.4, 0.5) is 5.69 Å². The fraction of sp³-hybridized carbons (Fsp3) is 0.261. The molecule has 0 radical (unpaired) electrons. The van der Waals surface area contributed by atoms with Gasteiger partial charge in [0.05, 0.1) is 25.2 Å². The predicted molar refractivity (Wildman–Crippen MR) is 129 cm³/mol. The van der Waals surface area contributed by atoms with Crippen LogP contribution in [0.15, 0.2) is 69.4 Å². The predicted octanol–water partition coefficient (Wildman–Crippen LogP) is 4.59. The van der Waals surface area contributed by atoms with Crippen LogP contribution in [-0.4, -0.2) is 35.3 Å². The van der Waals surface area contributed by atoms with E-state index in [0.29, 0.717) is 40.2 Å². The quantitative estimate of drug-likeness (QED) is 0.330. The number of aromatic amines is 1. The van der Waals surface area contributed by atoms with E-state index in [2.05, 4.69) is 15.3 Å². The summed E-state index contributed by atoms with van der Waals surface area (Å²) in [6.45, 7) is 1.92. The minimum absolute atomic E-state index is 0.184. The molecule has 0 aliphatic rings. The van der Waals surface area contributed by atoms with E-state index >= 15 is 0 Å². The zero-order chi connectivity index (χ0) is 22.9. The number of amides is 1. The van der Waals surface area contributed by atoms with Crippen LogP contribution >= 0.6 is 23.5 Å². The van der Waals surface area contributed by atoms with Crippen LogP contribution in [-0.2, 0) is 10.5 Å². The van der Waals surface area contributed by atoms with Gasteiger partial charge in [-0.3, -0.25) is 9.59 Å². The lowest BCUT2D eigenvalue weighted by Crippen LogP contribution is -2.25. The first-order valence-corrected chi connectivity index (χ1v) is 11.9. The number of carbonyl (C=O) groups excluding carboxylic acids is 1. The molecule has 0 saturated carbocycles. The van der Waals surface area contributed by atoms with Crippen molar-refractivity contribution in [2.24, 2.45) is 0 Å². The van der Waals surface area contributed by atoms with E-state index in [1.165, 1.54) is 17.8 Å². The van der Waals surface area contributed by atoms with Gasteiger partial charge in [-0.2, -0.15) is 0 Å². The number of methoxy groups -OCH3 is 2. The fourth-order valence-electron chi connectivity index (χ4n) is 2.88. The van der Waals surface area contributed by atoms with Crippen LogP contribution < -0.4 is 20.3 Å². The zero-order valence-electron chi connectivity index (χ0n) is 18.1. The van der Waals surface area contributed by atoms with Crippen molar-refractivity contribution in [2.45, 2.75) is 34.4 Å². The molecule has 1 unspecified atom stereocenters. The number of thioether (sulfide) groups is 2. The van der Waals surface area contributed by atoms with Crippen LogP contribution in [0.1, 0.15) is 19.0 Å². The first-order valence-electron chi connectivity index (χ1n) is 10.00. The maximum Gasteiger partial charge on any atom is 0.251 e. The highest BCUT2D eigenvalue weighted by atomic mass is 32.2. The molecular weight excluding hydrogens is 446 g/mol. The molecule has 1 amide bonds. The Kier molecular flexibility index (Phi) is 8.64. The smallest absolute Gasteiger partial charge is 0.251 e. The summed E-state index contributed by atoms with van der Waals surface area (Å²) in [4.78, 5) is 33.4. The van der Waals surface area contributed by atoms with Crippen molar-refractivity contribution in [1.29, 1.82) is 0 Å². The van der Waals surface area contributed by atoms with Crippen molar-refractivity contribution in [3.63, 3.8) is 0 Å². The SMILES string of the molecule is CCC(Sc1nc(CSc2ccccc2)cc(=O)[nH]1)C(=O)Nc1ccc(OC)c(OC)c1. The van der Waals surface area contributed by atoms with Crippen molar-refractivity contribution < 1.29 is 14.3 Å². The topological polar surface area (TPSA) is 93.3 Å². The molecule has 3 rings (SSSR count). The summed E-state index contributed by atoms with van der Waals surface area (Å²) >= 11 is 2.84. The molecule has 1 aromatic heterocycles. The average molecular weight is 472 g/mol. The summed E-state index contributed by atoms with van der Waals surface area (Å²) in [6.07, 6.45) is 0.566. The first-order chi connectivity index (χ1) is 15.5. The van der Waals surface area contributed by atoms with Crippen molar-refractivity contribution in [2.75, 3.05) is 19.5 Å². The Balaban J connectivity index is 1.68. The Labute approximate surface area is 195 Å². The minimum Gasteiger partial charge on any atom is -0.493 e. The highest BCUT2D eigenvalue weighted by molar-refractivity contribution is 8.00. The lowest BCUT2D eigenvalue weighted by atomic mass is 10.2. The van der Waals surface area contributed by atoms with Crippen LogP contribution in [0, 0.1) is 0 Å². The highest BCUT2D eigenvalue weighted by Crippen LogP contribution is 2.31. The summed E-state index contributed by atoms with van der Waals surface area (Å²) in [5.41, 5.74) is 1.03. The molecule has 0 aliphatic heterocycles. The lowest BCUT2D eigenvalue weighted by molar-refractivity contribution is -0.115. The molecule has 2 aromatic carbocycles. The van der Waals surface area contributed by atoms with Gasteiger partial charge in [0.15, 0.2) is 16.7 Å². The van der Waals surface area contributed by atoms with Crippen LogP contribution in [0.25, 0.3) is 0 Å². The molecule has 0 bridgehead atoms. The number of H-pyrrole nitrogens is 1. The number of aromatic nitrogens is 2. The molecule has 7 nitrogen and oxygen atoms in total. The van der Waals surface area contributed by atoms with Gasteiger partial charge in [-0.15, -0.1) is 11.8 Å². The maximum atomic E-state index is 12.9. The number of nitrogens with zero attached hydrogens (tertiary/aromatic N) is 1. The molecule has 3 aromatic rings. The van der Waals surface area contributed by atoms with Crippen LogP contribution in [0.2, 0.25) is 0 Å². The van der Waals surface area contributed by atoms with E-state index in [0.717, 1.165) is 4.90 Å². The molecule has 32 heavy (non-hydrogen) atoms. The van der Waals surface area contributed by atoms with Gasteiger partial charge in [0, 0.05) is 28.5 Å². The molecule has 0 spiro atoms. The number of hydrogen-bond donors (Lipinski definition) is 2. The first kappa shape index (κ1) is 23.7. The van der Waals surface area contributed by atoms with Crippen LogP contribution in [0.5, 0.6) is 11.5 Å². The lowest BCUT2D eigenvalue weighted by Gasteiger charge is -2.15. The fourth-order valence-corrected chi connectivity index (χ4v) is 4.62. The highest BCUT2D eigenvalue weighted by Gasteiger charge is 2.20. The number of rotatable bonds is 10. The van der Waals surface area contributed by atoms with Crippen LogP contribution in [0.3, 0.4) is 0 Å². The molecule has 9 heteroatoms. The normalized spacial score (nSPS) is 11.6. The standard InChI is InChI=1S/C23H25N3O4S2/c1-4-20(22(28)24-15-10-11-18(29-2)19(12-15)30-3)32-23-25-16(13-21(27)26-23)14-31-17-8-6-5-7-9-17/h5-13,20H,4,14H2,1-3H3,(H,24,28)(H,25,26,27). The number of carbonyl (C=O) groups is 1. The summed E-state index contributed by atoms with van der Waals surface area (Å²) in [5.74, 6) is 1.49. The zero-order valence-corrected chi connectivity index (χ0v) is 19.7. The average Bonchev–Trinajstić information content (AvgIpc) is 2.81. The molecular formula is C23H25N3O4S2. The molecule has 168 valence electrons. The minimum atomic E-state index is -0.428. The van der Waals surface area contributed by atoms with Crippen molar-refractivity contribution in [1.82, 2.24) is 9.97 Å². The molecule has 0 saturated heterocycles. The van der Waals surface area contributed by atoms with E-state index in [-0.39, 0.29) is 11.5 Å². The Morgan fingerprint density at radius 3 is 2.53 bits per heavy atom. The Bertz CT molecular complexity index is 1110. The Morgan fingerprint density at radius 1 is 1.09 bits per heavy atom. The molecule has 1 heterocycles. The molecule has 0 fully saturated rings. The van der Waals surface area contributed by atoms with Gasteiger partial charge in [-0.05, 0) is 30.7 Å². The van der Waals surface area contributed by atoms with E-state index in [1.807, 2.05) is 37.3 Å². The van der Waals surface area contributed by atoms with Gasteiger partial charge in [0.25, 0.3) is 5.56 Å². The second-order valence-electron chi connectivity index (χ2n) is 6.72. The third-order valence-corrected chi connectivity index (χ3v) is 6.77. The second-order valence-corrected chi connectivity index (χ2v) is 8.96. The van der Waals surface area contributed by atoms with E-state index in [4.69, 9.17) is 9.47 Å². The summed E-state index contributed by atoms with van der Waals surface area (Å²) in [6, 6.07) is 16.6. The van der Waals surface area contributed by atoms with Gasteiger partial charge >= 0.3 is 0 Å². The van der Waals surface area contributed by atoms with Crippen molar-refractivity contribution in [3.05, 3.63) is 70.6 Å². The van der Waals surface area contributed by atoms with Gasteiger partial charge < -0.3 is 19.8 Å². The number of anilines is 1. The van der Waals surface area contributed by atoms with E-state index in [9.17, 15) is 9.59 Å². The van der Waals surface area contributed by atoms with Gasteiger partial charge in [0.2, 0.25) is 5.91 Å². The van der Waals surface area contributed by atoms with Gasteiger partial charge in [-0.1, -0.05) is 36.9 Å². The maximum absolute atomic E-state index is 12.9.